The summed E-state index contributed by atoms with van der Waals surface area (Å²) in [4.78, 5) is 23.7. The topological polar surface area (TPSA) is 94.1 Å². The minimum absolute atomic E-state index is 0.0140. The van der Waals surface area contributed by atoms with Gasteiger partial charge in [0.15, 0.2) is 11.5 Å². The van der Waals surface area contributed by atoms with E-state index in [4.69, 9.17) is 14.2 Å². The Bertz CT molecular complexity index is 787. The van der Waals surface area contributed by atoms with Crippen LogP contribution in [0.2, 0.25) is 0 Å². The van der Waals surface area contributed by atoms with Gasteiger partial charge in [0.2, 0.25) is 0 Å². The molecule has 7 heteroatoms. The maximum atomic E-state index is 12.0. The molecule has 0 radical (unpaired) electrons. The lowest BCUT2D eigenvalue weighted by atomic mass is 10.0. The summed E-state index contributed by atoms with van der Waals surface area (Å²) >= 11 is 0. The second-order valence-electron chi connectivity index (χ2n) is 4.95. The predicted octanol–water partition coefficient (Wildman–Crippen LogP) is 3.32. The van der Waals surface area contributed by atoms with Crippen LogP contribution in [-0.4, -0.2) is 37.9 Å². The fraction of sp³-hybridized carbons (Fsp3) is 0.222. The first-order chi connectivity index (χ1) is 12.0. The standard InChI is InChI=1S/C18H19NO6/c1-4-25-18(22)12-6-5-7-13(16(12)17(20)21)19-11-8-9-14(23-2)15(10-11)24-3/h5-10,19H,4H2,1-3H3,(H,20,21). The molecule has 0 heterocycles. The predicted molar refractivity (Wildman–Crippen MR) is 92.2 cm³/mol. The number of rotatable bonds is 7. The van der Waals surface area contributed by atoms with Crippen LogP contribution in [0.15, 0.2) is 36.4 Å². The van der Waals surface area contributed by atoms with Crippen LogP contribution in [0.25, 0.3) is 0 Å². The number of anilines is 2. The Kier molecular flexibility index (Phi) is 5.84. The number of benzene rings is 2. The summed E-state index contributed by atoms with van der Waals surface area (Å²) in [6, 6.07) is 9.65. The van der Waals surface area contributed by atoms with E-state index in [9.17, 15) is 14.7 Å². The maximum Gasteiger partial charge on any atom is 0.339 e. The van der Waals surface area contributed by atoms with Crippen molar-refractivity contribution in [3.63, 3.8) is 0 Å². The molecule has 0 aliphatic carbocycles. The summed E-state index contributed by atoms with van der Waals surface area (Å²) in [5, 5.41) is 12.5. The molecule has 2 rings (SSSR count). The molecule has 0 aromatic heterocycles. The SMILES string of the molecule is CCOC(=O)c1cccc(Nc2ccc(OC)c(OC)c2)c1C(=O)O. The summed E-state index contributed by atoms with van der Waals surface area (Å²) in [6.45, 7) is 1.81. The van der Waals surface area contributed by atoms with Crippen molar-refractivity contribution in [2.24, 2.45) is 0 Å². The second kappa shape index (κ2) is 8.05. The molecular formula is C18H19NO6. The van der Waals surface area contributed by atoms with Crippen molar-refractivity contribution in [1.82, 2.24) is 0 Å². The minimum Gasteiger partial charge on any atom is -0.493 e. The molecule has 0 aliphatic heterocycles. The molecule has 132 valence electrons. The van der Waals surface area contributed by atoms with Crippen LogP contribution in [0.3, 0.4) is 0 Å². The summed E-state index contributed by atoms with van der Waals surface area (Å²) in [6.07, 6.45) is 0. The number of carbonyl (C=O) groups is 2. The lowest BCUT2D eigenvalue weighted by molar-refractivity contribution is 0.0515. The van der Waals surface area contributed by atoms with E-state index in [-0.39, 0.29) is 23.4 Å². The van der Waals surface area contributed by atoms with Crippen molar-refractivity contribution in [3.8, 4) is 11.5 Å². The van der Waals surface area contributed by atoms with Gasteiger partial charge in [0.1, 0.15) is 0 Å². The van der Waals surface area contributed by atoms with E-state index in [0.29, 0.717) is 17.2 Å². The third-order valence-electron chi connectivity index (χ3n) is 3.44. The van der Waals surface area contributed by atoms with E-state index in [1.807, 2.05) is 0 Å². The lowest BCUT2D eigenvalue weighted by Gasteiger charge is -2.14. The normalized spacial score (nSPS) is 10.0. The van der Waals surface area contributed by atoms with Crippen molar-refractivity contribution in [3.05, 3.63) is 47.5 Å². The zero-order valence-corrected chi connectivity index (χ0v) is 14.2. The average molecular weight is 345 g/mol. The van der Waals surface area contributed by atoms with Crippen LogP contribution < -0.4 is 14.8 Å². The number of carboxylic acids is 1. The van der Waals surface area contributed by atoms with Crippen LogP contribution in [0.4, 0.5) is 11.4 Å². The monoisotopic (exact) mass is 345 g/mol. The second-order valence-corrected chi connectivity index (χ2v) is 4.95. The largest absolute Gasteiger partial charge is 0.493 e. The van der Waals surface area contributed by atoms with Crippen LogP contribution in [-0.2, 0) is 4.74 Å². The molecular weight excluding hydrogens is 326 g/mol. The summed E-state index contributed by atoms with van der Waals surface area (Å²) in [5.74, 6) is -0.875. The Morgan fingerprint density at radius 2 is 1.80 bits per heavy atom. The highest BCUT2D eigenvalue weighted by atomic mass is 16.5. The van der Waals surface area contributed by atoms with Crippen LogP contribution in [0.1, 0.15) is 27.6 Å². The first-order valence-corrected chi connectivity index (χ1v) is 7.54. The van der Waals surface area contributed by atoms with Gasteiger partial charge in [-0.25, -0.2) is 9.59 Å². The number of ether oxygens (including phenoxy) is 3. The molecule has 0 unspecified atom stereocenters. The van der Waals surface area contributed by atoms with Gasteiger partial charge < -0.3 is 24.6 Å². The van der Waals surface area contributed by atoms with Crippen molar-refractivity contribution < 1.29 is 28.9 Å². The molecule has 0 aliphatic rings. The number of hydrogen-bond donors (Lipinski definition) is 2. The van der Waals surface area contributed by atoms with E-state index < -0.39 is 11.9 Å². The van der Waals surface area contributed by atoms with Gasteiger partial charge >= 0.3 is 11.9 Å². The van der Waals surface area contributed by atoms with Crippen LogP contribution >= 0.6 is 0 Å². The van der Waals surface area contributed by atoms with Gasteiger partial charge in [0, 0.05) is 11.8 Å². The third-order valence-corrected chi connectivity index (χ3v) is 3.44. The number of aromatic carboxylic acids is 1. The first-order valence-electron chi connectivity index (χ1n) is 7.54. The minimum atomic E-state index is -1.23. The average Bonchev–Trinajstić information content (AvgIpc) is 2.61. The number of esters is 1. The summed E-state index contributed by atoms with van der Waals surface area (Å²) in [7, 11) is 3.03. The van der Waals surface area contributed by atoms with E-state index in [1.165, 1.54) is 20.3 Å². The molecule has 0 saturated carbocycles. The Morgan fingerprint density at radius 3 is 2.40 bits per heavy atom. The zero-order valence-electron chi connectivity index (χ0n) is 14.2. The fourth-order valence-corrected chi connectivity index (χ4v) is 2.34. The molecule has 0 spiro atoms. The van der Waals surface area contributed by atoms with E-state index in [2.05, 4.69) is 5.32 Å². The van der Waals surface area contributed by atoms with E-state index >= 15 is 0 Å². The molecule has 0 amide bonds. The van der Waals surface area contributed by atoms with Crippen molar-refractivity contribution in [2.75, 3.05) is 26.1 Å². The van der Waals surface area contributed by atoms with Crippen LogP contribution in [0.5, 0.6) is 11.5 Å². The summed E-state index contributed by atoms with van der Waals surface area (Å²) in [5.41, 5.74) is 0.682. The number of carboxylic acid groups (broad SMARTS) is 1. The van der Waals surface area contributed by atoms with Crippen LogP contribution in [0, 0.1) is 0 Å². The Balaban J connectivity index is 2.44. The number of methoxy groups -OCH3 is 2. The van der Waals surface area contributed by atoms with Crippen molar-refractivity contribution in [1.29, 1.82) is 0 Å². The molecule has 0 atom stereocenters. The smallest absolute Gasteiger partial charge is 0.339 e. The molecule has 2 N–H and O–H groups in total. The van der Waals surface area contributed by atoms with Crippen molar-refractivity contribution >= 4 is 23.3 Å². The van der Waals surface area contributed by atoms with Gasteiger partial charge in [-0.3, -0.25) is 0 Å². The number of hydrogen-bond acceptors (Lipinski definition) is 6. The molecule has 7 nitrogen and oxygen atoms in total. The summed E-state index contributed by atoms with van der Waals surface area (Å²) < 4.78 is 15.3. The van der Waals surface area contributed by atoms with Gasteiger partial charge in [-0.1, -0.05) is 6.07 Å². The first kappa shape index (κ1) is 18.1. The Labute approximate surface area is 145 Å². The molecule has 25 heavy (non-hydrogen) atoms. The van der Waals surface area contributed by atoms with Gasteiger partial charge in [-0.05, 0) is 31.2 Å². The number of carbonyl (C=O) groups excluding carboxylic acids is 1. The van der Waals surface area contributed by atoms with Gasteiger partial charge in [-0.2, -0.15) is 0 Å². The molecule has 2 aromatic rings. The Hall–Kier alpha value is -3.22. The van der Waals surface area contributed by atoms with Gasteiger partial charge in [0.25, 0.3) is 0 Å². The Morgan fingerprint density at radius 1 is 1.08 bits per heavy atom. The fourth-order valence-electron chi connectivity index (χ4n) is 2.34. The maximum absolute atomic E-state index is 12.0. The third kappa shape index (κ3) is 4.00. The molecule has 0 fully saturated rings. The van der Waals surface area contributed by atoms with E-state index in [0.717, 1.165) is 0 Å². The highest BCUT2D eigenvalue weighted by molar-refractivity contribution is 6.06. The zero-order chi connectivity index (χ0) is 18.4. The van der Waals surface area contributed by atoms with Gasteiger partial charge in [0.05, 0.1) is 37.6 Å². The quantitative estimate of drug-likeness (QED) is 0.743. The molecule has 0 bridgehead atoms. The van der Waals surface area contributed by atoms with Crippen molar-refractivity contribution in [2.45, 2.75) is 6.92 Å². The molecule has 2 aromatic carbocycles. The van der Waals surface area contributed by atoms with E-state index in [1.54, 1.807) is 37.3 Å². The number of nitrogens with one attached hydrogen (secondary N) is 1. The van der Waals surface area contributed by atoms with Gasteiger partial charge in [-0.15, -0.1) is 0 Å². The highest BCUT2D eigenvalue weighted by Gasteiger charge is 2.21. The molecule has 0 saturated heterocycles. The lowest BCUT2D eigenvalue weighted by Crippen LogP contribution is -2.13. The highest BCUT2D eigenvalue weighted by Crippen LogP contribution is 2.32.